The zero-order chi connectivity index (χ0) is 14.5. The van der Waals surface area contributed by atoms with Crippen LogP contribution < -0.4 is 4.90 Å². The molecule has 20 heavy (non-hydrogen) atoms. The Morgan fingerprint density at radius 2 is 2.35 bits per heavy atom. The van der Waals surface area contributed by atoms with Crippen molar-refractivity contribution >= 4 is 17.7 Å². The van der Waals surface area contributed by atoms with Crippen LogP contribution in [0.25, 0.3) is 6.08 Å². The summed E-state index contributed by atoms with van der Waals surface area (Å²) in [5, 5.41) is 8.68. The number of benzene rings is 1. The van der Waals surface area contributed by atoms with Crippen molar-refractivity contribution in [1.29, 1.82) is 0 Å². The van der Waals surface area contributed by atoms with Crippen LogP contribution in [-0.4, -0.2) is 36.9 Å². The van der Waals surface area contributed by atoms with Crippen LogP contribution in [0.1, 0.15) is 24.5 Å². The molecular formula is C16H21NO3. The summed E-state index contributed by atoms with van der Waals surface area (Å²) in [5.74, 6) is -0.923. The van der Waals surface area contributed by atoms with E-state index in [1.807, 2.05) is 13.0 Å². The molecule has 1 fully saturated rings. The van der Waals surface area contributed by atoms with Gasteiger partial charge in [0, 0.05) is 18.3 Å². The zero-order valence-corrected chi connectivity index (χ0v) is 12.0. The molecule has 0 bridgehead atoms. The highest BCUT2D eigenvalue weighted by molar-refractivity contribution is 5.85. The SMILES string of the molecule is CCC1COCCN1c1ccc(C=CC(=O)O)c(C)c1. The lowest BCUT2D eigenvalue weighted by molar-refractivity contribution is -0.131. The molecule has 1 unspecified atom stereocenters. The Morgan fingerprint density at radius 1 is 1.55 bits per heavy atom. The van der Waals surface area contributed by atoms with Crippen molar-refractivity contribution in [3.8, 4) is 0 Å². The van der Waals surface area contributed by atoms with Gasteiger partial charge in [0.2, 0.25) is 0 Å². The van der Waals surface area contributed by atoms with Gasteiger partial charge in [0.15, 0.2) is 0 Å². The van der Waals surface area contributed by atoms with E-state index >= 15 is 0 Å². The molecular weight excluding hydrogens is 254 g/mol. The van der Waals surface area contributed by atoms with E-state index in [9.17, 15) is 4.79 Å². The second-order valence-corrected chi connectivity index (χ2v) is 5.04. The Labute approximate surface area is 119 Å². The molecule has 1 saturated heterocycles. The fourth-order valence-electron chi connectivity index (χ4n) is 2.52. The number of hydrogen-bond donors (Lipinski definition) is 1. The molecule has 1 atom stereocenters. The van der Waals surface area contributed by atoms with Gasteiger partial charge in [-0.3, -0.25) is 0 Å². The minimum absolute atomic E-state index is 0.420. The van der Waals surface area contributed by atoms with Crippen molar-refractivity contribution in [1.82, 2.24) is 0 Å². The van der Waals surface area contributed by atoms with Gasteiger partial charge in [-0.15, -0.1) is 0 Å². The summed E-state index contributed by atoms with van der Waals surface area (Å²) in [5.41, 5.74) is 3.21. The summed E-state index contributed by atoms with van der Waals surface area (Å²) in [6, 6.07) is 6.58. The van der Waals surface area contributed by atoms with E-state index in [1.165, 1.54) is 11.8 Å². The van der Waals surface area contributed by atoms with Crippen molar-refractivity contribution < 1.29 is 14.6 Å². The number of anilines is 1. The highest BCUT2D eigenvalue weighted by Gasteiger charge is 2.21. The van der Waals surface area contributed by atoms with Gasteiger partial charge in [-0.1, -0.05) is 13.0 Å². The predicted octanol–water partition coefficient (Wildman–Crippen LogP) is 2.71. The molecule has 108 valence electrons. The quantitative estimate of drug-likeness (QED) is 0.858. The van der Waals surface area contributed by atoms with E-state index in [0.717, 1.165) is 37.3 Å². The predicted molar refractivity (Wildman–Crippen MR) is 80.1 cm³/mol. The van der Waals surface area contributed by atoms with Gasteiger partial charge >= 0.3 is 5.97 Å². The van der Waals surface area contributed by atoms with Crippen molar-refractivity contribution in [2.75, 3.05) is 24.7 Å². The number of carbonyl (C=O) groups is 1. The van der Waals surface area contributed by atoms with E-state index in [-0.39, 0.29) is 0 Å². The van der Waals surface area contributed by atoms with Gasteiger partial charge in [-0.2, -0.15) is 0 Å². The van der Waals surface area contributed by atoms with Crippen molar-refractivity contribution in [3.63, 3.8) is 0 Å². The lowest BCUT2D eigenvalue weighted by atomic mass is 10.0. The molecule has 0 amide bonds. The number of hydrogen-bond acceptors (Lipinski definition) is 3. The Hall–Kier alpha value is -1.81. The van der Waals surface area contributed by atoms with E-state index in [0.29, 0.717) is 6.04 Å². The first kappa shape index (κ1) is 14.6. The Bertz CT molecular complexity index is 510. The summed E-state index contributed by atoms with van der Waals surface area (Å²) in [4.78, 5) is 12.9. The lowest BCUT2D eigenvalue weighted by Gasteiger charge is -2.37. The molecule has 4 nitrogen and oxygen atoms in total. The Balaban J connectivity index is 2.21. The summed E-state index contributed by atoms with van der Waals surface area (Å²) in [7, 11) is 0. The van der Waals surface area contributed by atoms with Crippen molar-refractivity contribution in [3.05, 3.63) is 35.4 Å². The fraction of sp³-hybridized carbons (Fsp3) is 0.438. The first-order chi connectivity index (χ1) is 9.61. The number of carboxylic acid groups (broad SMARTS) is 1. The number of ether oxygens (including phenoxy) is 1. The molecule has 0 aromatic heterocycles. The molecule has 0 saturated carbocycles. The highest BCUT2D eigenvalue weighted by Crippen LogP contribution is 2.24. The second-order valence-electron chi connectivity index (χ2n) is 5.04. The molecule has 1 aliphatic heterocycles. The van der Waals surface area contributed by atoms with Gasteiger partial charge in [-0.05, 0) is 42.7 Å². The number of rotatable bonds is 4. The molecule has 1 aliphatic rings. The lowest BCUT2D eigenvalue weighted by Crippen LogP contribution is -2.45. The second kappa shape index (κ2) is 6.57. The molecule has 1 heterocycles. The topological polar surface area (TPSA) is 49.8 Å². The Kier molecular flexibility index (Phi) is 4.79. The van der Waals surface area contributed by atoms with Crippen LogP contribution >= 0.6 is 0 Å². The number of carboxylic acids is 1. The van der Waals surface area contributed by atoms with Crippen LogP contribution in [0.5, 0.6) is 0 Å². The largest absolute Gasteiger partial charge is 0.478 e. The number of aryl methyl sites for hydroxylation is 1. The Morgan fingerprint density at radius 3 is 3.00 bits per heavy atom. The third kappa shape index (κ3) is 3.39. The molecule has 0 radical (unpaired) electrons. The first-order valence-corrected chi connectivity index (χ1v) is 6.98. The van der Waals surface area contributed by atoms with Crippen molar-refractivity contribution in [2.45, 2.75) is 26.3 Å². The molecule has 0 aliphatic carbocycles. The average molecular weight is 275 g/mol. The summed E-state index contributed by atoms with van der Waals surface area (Å²) in [6.45, 7) is 6.62. The molecule has 1 N–H and O–H groups in total. The van der Waals surface area contributed by atoms with Gasteiger partial charge < -0.3 is 14.7 Å². The molecule has 4 heteroatoms. The summed E-state index contributed by atoms with van der Waals surface area (Å²) >= 11 is 0. The maximum atomic E-state index is 10.6. The molecule has 1 aromatic rings. The van der Waals surface area contributed by atoms with E-state index < -0.39 is 5.97 Å². The van der Waals surface area contributed by atoms with Crippen LogP contribution in [0, 0.1) is 6.92 Å². The maximum Gasteiger partial charge on any atom is 0.328 e. The highest BCUT2D eigenvalue weighted by atomic mass is 16.5. The van der Waals surface area contributed by atoms with E-state index in [4.69, 9.17) is 9.84 Å². The maximum absolute atomic E-state index is 10.6. The first-order valence-electron chi connectivity index (χ1n) is 6.98. The normalized spacial score (nSPS) is 19.5. The van der Waals surface area contributed by atoms with Gasteiger partial charge in [0.05, 0.1) is 19.3 Å². The fourth-order valence-corrected chi connectivity index (χ4v) is 2.52. The molecule has 1 aromatic carbocycles. The van der Waals surface area contributed by atoms with Gasteiger partial charge in [0.25, 0.3) is 0 Å². The smallest absolute Gasteiger partial charge is 0.328 e. The van der Waals surface area contributed by atoms with Crippen LogP contribution in [0.2, 0.25) is 0 Å². The number of nitrogens with zero attached hydrogens (tertiary/aromatic N) is 1. The van der Waals surface area contributed by atoms with Crippen LogP contribution in [0.3, 0.4) is 0 Å². The standard InChI is InChI=1S/C16H21NO3/c1-3-14-11-20-9-8-17(14)15-6-4-13(12(2)10-15)5-7-16(18)19/h4-7,10,14H,3,8-9,11H2,1-2H3,(H,18,19). The van der Waals surface area contributed by atoms with Crippen molar-refractivity contribution in [2.24, 2.45) is 0 Å². The third-order valence-corrected chi connectivity index (χ3v) is 3.69. The number of aliphatic carboxylic acids is 1. The van der Waals surface area contributed by atoms with E-state index in [2.05, 4.69) is 24.0 Å². The van der Waals surface area contributed by atoms with Crippen LogP contribution in [0.15, 0.2) is 24.3 Å². The van der Waals surface area contributed by atoms with Crippen LogP contribution in [-0.2, 0) is 9.53 Å². The summed E-state index contributed by atoms with van der Waals surface area (Å²) < 4.78 is 5.53. The molecule has 0 spiro atoms. The van der Waals surface area contributed by atoms with Gasteiger partial charge in [0.1, 0.15) is 0 Å². The minimum atomic E-state index is -0.923. The minimum Gasteiger partial charge on any atom is -0.478 e. The molecule has 2 rings (SSSR count). The third-order valence-electron chi connectivity index (χ3n) is 3.69. The zero-order valence-electron chi connectivity index (χ0n) is 12.0. The van der Waals surface area contributed by atoms with E-state index in [1.54, 1.807) is 6.08 Å². The monoisotopic (exact) mass is 275 g/mol. The van der Waals surface area contributed by atoms with Crippen LogP contribution in [0.4, 0.5) is 5.69 Å². The van der Waals surface area contributed by atoms with Gasteiger partial charge in [-0.25, -0.2) is 4.79 Å². The average Bonchev–Trinajstić information content (AvgIpc) is 2.45. The summed E-state index contributed by atoms with van der Waals surface area (Å²) in [6.07, 6.45) is 3.86. The number of morpholine rings is 1.